The predicted octanol–water partition coefficient (Wildman–Crippen LogP) is 5.68. The number of nitrogens with zero attached hydrogens (tertiary/aromatic N) is 2. The van der Waals surface area contributed by atoms with E-state index in [-0.39, 0.29) is 5.91 Å². The van der Waals surface area contributed by atoms with Gasteiger partial charge in [-0.15, -0.1) is 10.2 Å². The topological polar surface area (TPSA) is 54.9 Å². The summed E-state index contributed by atoms with van der Waals surface area (Å²) in [7, 11) is 0. The minimum atomic E-state index is -0.0852. The maximum absolute atomic E-state index is 12.5. The molecule has 0 aliphatic rings. The summed E-state index contributed by atoms with van der Waals surface area (Å²) in [4.78, 5) is 12.5. The zero-order chi connectivity index (χ0) is 19.9. The molecule has 6 heteroatoms. The molecule has 144 valence electrons. The lowest BCUT2D eigenvalue weighted by molar-refractivity contribution is -0.115. The zero-order valence-corrected chi connectivity index (χ0v) is 17.2. The summed E-state index contributed by atoms with van der Waals surface area (Å²) in [5.41, 5.74) is 2.18. The standard InChI is InChI=1S/C23H19N3OS2/c27-21(16-19-13-6-12-18-11-4-5-14-20(18)19)24-22-25-26-23(29-22)28-15-7-10-17-8-2-1-3-9-17/h1-14H,15-16H2,(H,24,25,27). The fourth-order valence-electron chi connectivity index (χ4n) is 2.97. The third-order valence-electron chi connectivity index (χ3n) is 4.30. The number of carbonyl (C=O) groups is 1. The van der Waals surface area contributed by atoms with Gasteiger partial charge in [0.2, 0.25) is 11.0 Å². The van der Waals surface area contributed by atoms with E-state index in [1.54, 1.807) is 11.8 Å². The molecular formula is C23H19N3OS2. The molecule has 0 saturated heterocycles. The van der Waals surface area contributed by atoms with Crippen LogP contribution in [0.2, 0.25) is 0 Å². The van der Waals surface area contributed by atoms with E-state index in [4.69, 9.17) is 0 Å². The van der Waals surface area contributed by atoms with E-state index in [0.717, 1.165) is 26.4 Å². The Kier molecular flexibility index (Phi) is 6.34. The second-order valence-electron chi connectivity index (χ2n) is 6.36. The SMILES string of the molecule is O=C(Cc1cccc2ccccc12)Nc1nnc(SCC=Cc2ccccc2)s1. The van der Waals surface area contributed by atoms with E-state index in [9.17, 15) is 4.79 Å². The number of nitrogens with one attached hydrogen (secondary N) is 1. The summed E-state index contributed by atoms with van der Waals surface area (Å²) in [5, 5.41) is 13.9. The van der Waals surface area contributed by atoms with Gasteiger partial charge in [-0.25, -0.2) is 0 Å². The molecule has 0 spiro atoms. The summed E-state index contributed by atoms with van der Waals surface area (Å²) in [6.07, 6.45) is 4.49. The average Bonchev–Trinajstić information content (AvgIpc) is 3.19. The molecule has 0 fully saturated rings. The first-order chi connectivity index (χ1) is 14.3. The van der Waals surface area contributed by atoms with Crippen molar-refractivity contribution in [3.05, 3.63) is 90.0 Å². The smallest absolute Gasteiger partial charge is 0.230 e. The fourth-order valence-corrected chi connectivity index (χ4v) is 4.57. The lowest BCUT2D eigenvalue weighted by Gasteiger charge is -2.06. The third-order valence-corrected chi connectivity index (χ3v) is 6.22. The summed E-state index contributed by atoms with van der Waals surface area (Å²) < 4.78 is 0.836. The zero-order valence-electron chi connectivity index (χ0n) is 15.6. The first kappa shape index (κ1) is 19.4. The lowest BCUT2D eigenvalue weighted by atomic mass is 10.0. The van der Waals surface area contributed by atoms with E-state index >= 15 is 0 Å². The van der Waals surface area contributed by atoms with Crippen LogP contribution in [0, 0.1) is 0 Å². The van der Waals surface area contributed by atoms with Crippen molar-refractivity contribution < 1.29 is 4.79 Å². The highest BCUT2D eigenvalue weighted by atomic mass is 32.2. The minimum Gasteiger partial charge on any atom is -0.300 e. The molecule has 1 amide bonds. The van der Waals surface area contributed by atoms with Gasteiger partial charge < -0.3 is 5.32 Å². The molecular weight excluding hydrogens is 398 g/mol. The Labute approximate surface area is 177 Å². The summed E-state index contributed by atoms with van der Waals surface area (Å²) in [6.45, 7) is 0. The van der Waals surface area contributed by atoms with E-state index in [1.807, 2.05) is 48.5 Å². The number of anilines is 1. The van der Waals surface area contributed by atoms with Crippen LogP contribution in [0.25, 0.3) is 16.8 Å². The molecule has 1 heterocycles. The minimum absolute atomic E-state index is 0.0852. The van der Waals surface area contributed by atoms with Crippen molar-refractivity contribution in [1.82, 2.24) is 10.2 Å². The number of fused-ring (bicyclic) bond motifs is 1. The molecule has 0 aliphatic carbocycles. The van der Waals surface area contributed by atoms with Gasteiger partial charge in [0, 0.05) is 5.75 Å². The number of rotatable bonds is 7. The highest BCUT2D eigenvalue weighted by molar-refractivity contribution is 8.01. The molecule has 0 aliphatic heterocycles. The van der Waals surface area contributed by atoms with Crippen molar-refractivity contribution in [2.24, 2.45) is 0 Å². The molecule has 4 rings (SSSR count). The molecule has 0 radical (unpaired) electrons. The molecule has 1 aromatic heterocycles. The van der Waals surface area contributed by atoms with Gasteiger partial charge in [-0.1, -0.05) is 108 Å². The maximum atomic E-state index is 12.5. The summed E-state index contributed by atoms with van der Waals surface area (Å²) in [5.74, 6) is 0.714. The Morgan fingerprint density at radius 2 is 1.76 bits per heavy atom. The molecule has 29 heavy (non-hydrogen) atoms. The normalized spacial score (nSPS) is 11.2. The van der Waals surface area contributed by atoms with Gasteiger partial charge in [0.25, 0.3) is 0 Å². The number of carbonyl (C=O) groups excluding carboxylic acids is 1. The van der Waals surface area contributed by atoms with Crippen LogP contribution in [-0.4, -0.2) is 21.9 Å². The van der Waals surface area contributed by atoms with Gasteiger partial charge >= 0.3 is 0 Å². The maximum Gasteiger partial charge on any atom is 0.230 e. The largest absolute Gasteiger partial charge is 0.300 e. The fraction of sp³-hybridized carbons (Fsp3) is 0.0870. The number of thioether (sulfide) groups is 1. The molecule has 0 bridgehead atoms. The van der Waals surface area contributed by atoms with E-state index in [2.05, 4.69) is 51.9 Å². The van der Waals surface area contributed by atoms with Gasteiger partial charge in [0.15, 0.2) is 4.34 Å². The van der Waals surface area contributed by atoms with Crippen molar-refractivity contribution >= 4 is 51.0 Å². The third kappa shape index (κ3) is 5.31. The van der Waals surface area contributed by atoms with Crippen LogP contribution in [0.3, 0.4) is 0 Å². The van der Waals surface area contributed by atoms with E-state index in [0.29, 0.717) is 11.6 Å². The Bertz CT molecular complexity index is 1130. The van der Waals surface area contributed by atoms with Crippen molar-refractivity contribution in [3.63, 3.8) is 0 Å². The van der Waals surface area contributed by atoms with Crippen LogP contribution in [-0.2, 0) is 11.2 Å². The number of hydrogen-bond acceptors (Lipinski definition) is 5. The Hall–Kier alpha value is -2.96. The van der Waals surface area contributed by atoms with Crippen LogP contribution in [0.15, 0.2) is 83.2 Å². The molecule has 4 nitrogen and oxygen atoms in total. The number of aromatic nitrogens is 2. The Morgan fingerprint density at radius 1 is 0.966 bits per heavy atom. The highest BCUT2D eigenvalue weighted by Gasteiger charge is 2.10. The Balaban J connectivity index is 1.31. The van der Waals surface area contributed by atoms with Gasteiger partial charge in [0.1, 0.15) is 0 Å². The van der Waals surface area contributed by atoms with Gasteiger partial charge in [-0.05, 0) is 21.9 Å². The molecule has 4 aromatic rings. The summed E-state index contributed by atoms with van der Waals surface area (Å²) >= 11 is 3.00. The average molecular weight is 418 g/mol. The summed E-state index contributed by atoms with van der Waals surface area (Å²) in [6, 6.07) is 24.3. The van der Waals surface area contributed by atoms with Crippen molar-refractivity contribution in [3.8, 4) is 0 Å². The van der Waals surface area contributed by atoms with Crippen molar-refractivity contribution in [2.75, 3.05) is 11.1 Å². The van der Waals surface area contributed by atoms with Crippen molar-refractivity contribution in [2.45, 2.75) is 10.8 Å². The van der Waals surface area contributed by atoms with Crippen LogP contribution < -0.4 is 5.32 Å². The second kappa shape index (κ2) is 9.49. The first-order valence-electron chi connectivity index (χ1n) is 9.22. The second-order valence-corrected chi connectivity index (χ2v) is 8.61. The first-order valence-corrected chi connectivity index (χ1v) is 11.0. The van der Waals surface area contributed by atoms with Crippen LogP contribution >= 0.6 is 23.1 Å². The van der Waals surface area contributed by atoms with Gasteiger partial charge in [0.05, 0.1) is 6.42 Å². The molecule has 0 atom stereocenters. The van der Waals surface area contributed by atoms with Crippen LogP contribution in [0.1, 0.15) is 11.1 Å². The van der Waals surface area contributed by atoms with Crippen molar-refractivity contribution in [1.29, 1.82) is 0 Å². The predicted molar refractivity (Wildman–Crippen MR) is 122 cm³/mol. The lowest BCUT2D eigenvalue weighted by Crippen LogP contribution is -2.14. The van der Waals surface area contributed by atoms with Crippen LogP contribution in [0.5, 0.6) is 0 Å². The quantitative estimate of drug-likeness (QED) is 0.311. The molecule has 3 aromatic carbocycles. The van der Waals surface area contributed by atoms with Gasteiger partial charge in [-0.2, -0.15) is 0 Å². The Morgan fingerprint density at radius 3 is 2.66 bits per heavy atom. The highest BCUT2D eigenvalue weighted by Crippen LogP contribution is 2.26. The van der Waals surface area contributed by atoms with Crippen LogP contribution in [0.4, 0.5) is 5.13 Å². The van der Waals surface area contributed by atoms with Gasteiger partial charge in [-0.3, -0.25) is 4.79 Å². The number of hydrogen-bond donors (Lipinski definition) is 1. The number of benzene rings is 3. The van der Waals surface area contributed by atoms with E-state index < -0.39 is 0 Å². The monoisotopic (exact) mass is 417 g/mol. The molecule has 0 unspecified atom stereocenters. The molecule has 0 saturated carbocycles. The number of amides is 1. The molecule has 1 N–H and O–H groups in total. The van der Waals surface area contributed by atoms with E-state index in [1.165, 1.54) is 16.9 Å².